The van der Waals surface area contributed by atoms with Crippen molar-refractivity contribution in [1.29, 1.82) is 0 Å². The van der Waals surface area contributed by atoms with Gasteiger partial charge in [-0.3, -0.25) is 0 Å². The van der Waals surface area contributed by atoms with Crippen LogP contribution in [0.25, 0.3) is 0 Å². The molecule has 0 aliphatic carbocycles. The first kappa shape index (κ1) is 43.2. The molecule has 0 saturated carbocycles. The van der Waals surface area contributed by atoms with Crippen molar-refractivity contribution in [3.8, 4) is 0 Å². The van der Waals surface area contributed by atoms with Crippen molar-refractivity contribution < 1.29 is 57.7 Å². The van der Waals surface area contributed by atoms with Crippen LogP contribution in [-0.4, -0.2) is 86.5 Å². The van der Waals surface area contributed by atoms with E-state index in [0.717, 1.165) is 0 Å². The molecule has 0 amide bonds. The van der Waals surface area contributed by atoms with E-state index in [1.807, 2.05) is 0 Å². The third-order valence-electron chi connectivity index (χ3n) is 0. The third kappa shape index (κ3) is 777. The molecule has 0 saturated heterocycles. The minimum absolute atomic E-state index is 0. The largest absolute Gasteiger partial charge is 3.00 e. The molecule has 0 aliphatic rings. The molecule has 0 N–H and O–H groups in total. The number of hydrogen-bond acceptors (Lipinski definition) is 12. The maximum absolute atomic E-state index is 8.55. The molecule has 0 heterocycles. The van der Waals surface area contributed by atoms with Crippen molar-refractivity contribution in [2.24, 2.45) is 0 Å². The maximum Gasteiger partial charge on any atom is 3.00 e. The molecule has 0 aromatic heterocycles. The minimum atomic E-state index is -5.39. The summed E-state index contributed by atoms with van der Waals surface area (Å²) in [4.78, 5) is 76.9. The summed E-state index contributed by atoms with van der Waals surface area (Å²) in [5, 5.41) is 0. The van der Waals surface area contributed by atoms with Gasteiger partial charge in [0.15, 0.2) is 0 Å². The molecular formula is AlMg3O12P3. The smallest absolute Gasteiger partial charge is 0.822 e. The molecule has 0 rings (SSSR count). The van der Waals surface area contributed by atoms with E-state index in [4.69, 9.17) is 57.7 Å². The van der Waals surface area contributed by atoms with E-state index in [-0.39, 0.29) is 86.5 Å². The van der Waals surface area contributed by atoms with Crippen LogP contribution in [0.4, 0.5) is 0 Å². The van der Waals surface area contributed by atoms with Crippen LogP contribution in [-0.2, 0) is 13.7 Å². The van der Waals surface area contributed by atoms with Crippen LogP contribution in [0.15, 0.2) is 0 Å². The van der Waals surface area contributed by atoms with Crippen molar-refractivity contribution in [2.45, 2.75) is 0 Å². The van der Waals surface area contributed by atoms with E-state index in [1.54, 1.807) is 0 Å². The molecular weight excluding hydrogens is 385 g/mol. The quantitative estimate of drug-likeness (QED) is 0.278. The summed E-state index contributed by atoms with van der Waals surface area (Å²) in [5.41, 5.74) is 0. The predicted molar refractivity (Wildman–Crippen MR) is 45.8 cm³/mol. The molecule has 0 aromatic rings. The monoisotopic (exact) mass is 384 g/mol. The van der Waals surface area contributed by atoms with Gasteiger partial charge >= 0.3 is 86.5 Å². The van der Waals surface area contributed by atoms with Crippen LogP contribution in [0.1, 0.15) is 0 Å². The zero-order valence-electron chi connectivity index (χ0n) is 8.94. The Morgan fingerprint density at radius 3 is 0.421 bits per heavy atom. The topological polar surface area (TPSA) is 259 Å². The molecule has 19 heteroatoms. The van der Waals surface area contributed by atoms with Crippen molar-refractivity contribution >= 4 is 110 Å². The molecule has 0 fully saturated rings. The fraction of sp³-hybridized carbons (Fsp3) is 0. The molecule has 0 radical (unpaired) electrons. The Hall–Kier alpha value is 3.16. The Morgan fingerprint density at radius 1 is 0.421 bits per heavy atom. The molecule has 0 aliphatic heterocycles. The van der Waals surface area contributed by atoms with Gasteiger partial charge in [0.2, 0.25) is 0 Å². The van der Waals surface area contributed by atoms with Gasteiger partial charge in [-0.15, -0.1) is 0 Å². The van der Waals surface area contributed by atoms with Crippen molar-refractivity contribution in [1.82, 2.24) is 0 Å². The summed E-state index contributed by atoms with van der Waals surface area (Å²) in [6, 6.07) is 0. The molecule has 0 atom stereocenters. The maximum atomic E-state index is 8.55. The van der Waals surface area contributed by atoms with Gasteiger partial charge in [0.25, 0.3) is 0 Å². The third-order valence-corrected chi connectivity index (χ3v) is 0. The van der Waals surface area contributed by atoms with Crippen LogP contribution in [0, 0.1) is 0 Å². The van der Waals surface area contributed by atoms with Gasteiger partial charge in [-0.25, -0.2) is 0 Å². The number of hydrogen-bond donors (Lipinski definition) is 0. The molecule has 96 valence electrons. The Kier molecular flexibility index (Phi) is 43.6. The molecule has 12 nitrogen and oxygen atoms in total. The van der Waals surface area contributed by atoms with Crippen molar-refractivity contribution in [3.05, 3.63) is 0 Å². The van der Waals surface area contributed by atoms with Gasteiger partial charge in [-0.05, 0) is 0 Å². The molecule has 0 spiro atoms. The van der Waals surface area contributed by atoms with Gasteiger partial charge in [-0.1, -0.05) is 0 Å². The Morgan fingerprint density at radius 2 is 0.421 bits per heavy atom. The van der Waals surface area contributed by atoms with Gasteiger partial charge in [0.05, 0.1) is 0 Å². The number of rotatable bonds is 0. The molecule has 0 bridgehead atoms. The first-order valence-electron chi connectivity index (χ1n) is 2.19. The van der Waals surface area contributed by atoms with Crippen LogP contribution in [0.2, 0.25) is 0 Å². The predicted octanol–water partition coefficient (Wildman–Crippen LogP) is -10.00. The Balaban J connectivity index is -0.0000000206. The summed E-state index contributed by atoms with van der Waals surface area (Å²) in [7, 11) is -16.2. The van der Waals surface area contributed by atoms with Gasteiger partial charge in [0, 0.05) is 0 Å². The summed E-state index contributed by atoms with van der Waals surface area (Å²) >= 11 is 0. The van der Waals surface area contributed by atoms with Crippen LogP contribution >= 0.6 is 23.5 Å². The van der Waals surface area contributed by atoms with Gasteiger partial charge in [-0.2, -0.15) is 23.5 Å². The first-order valence-corrected chi connectivity index (χ1v) is 6.57. The summed E-state index contributed by atoms with van der Waals surface area (Å²) < 4.78 is 25.6. The van der Waals surface area contributed by atoms with Crippen LogP contribution in [0.3, 0.4) is 0 Å². The van der Waals surface area contributed by atoms with Crippen LogP contribution in [0.5, 0.6) is 0 Å². The van der Waals surface area contributed by atoms with Crippen molar-refractivity contribution in [2.75, 3.05) is 0 Å². The van der Waals surface area contributed by atoms with E-state index < -0.39 is 23.5 Å². The zero-order chi connectivity index (χ0) is 13.5. The second-order valence-electron chi connectivity index (χ2n) is 1.34. The fourth-order valence-corrected chi connectivity index (χ4v) is 0. The number of phosphoric acid groups is 3. The second-order valence-corrected chi connectivity index (χ2v) is 4.02. The summed E-state index contributed by atoms with van der Waals surface area (Å²) in [6.07, 6.45) is 0. The first-order chi connectivity index (χ1) is 6.00. The molecule has 0 aromatic carbocycles. The average Bonchev–Trinajstić information content (AvgIpc) is 1.41. The SMILES string of the molecule is O=P([O-])([O-])[O-].O=P([O-])([O-])[O-].O=P([O-])([O-])[O-].[Al+3].[Mg+2].[Mg+2].[Mg+2]. The Labute approximate surface area is 166 Å². The molecule has 19 heavy (non-hydrogen) atoms. The van der Waals surface area contributed by atoms with Gasteiger partial charge in [0.1, 0.15) is 0 Å². The fourth-order valence-electron chi connectivity index (χ4n) is 0. The van der Waals surface area contributed by atoms with Crippen LogP contribution < -0.4 is 44.0 Å². The second kappa shape index (κ2) is 19.2. The van der Waals surface area contributed by atoms with E-state index >= 15 is 0 Å². The Bertz CT molecular complexity index is 214. The van der Waals surface area contributed by atoms with E-state index in [1.165, 1.54) is 0 Å². The van der Waals surface area contributed by atoms with E-state index in [9.17, 15) is 0 Å². The van der Waals surface area contributed by atoms with Gasteiger partial charge < -0.3 is 57.7 Å². The summed E-state index contributed by atoms with van der Waals surface area (Å²) in [6.45, 7) is 0. The average molecular weight is 385 g/mol. The standard InChI is InChI=1S/Al.3Mg.3H3O4P/c;;;;3*1-5(2,3)4/h;;;;3*(H3,1,2,3,4)/q+3;3*+2;;;/p-9. The normalized spacial score (nSPS) is 9.32. The zero-order valence-corrected chi connectivity index (χ0v) is 17.0. The summed E-state index contributed by atoms with van der Waals surface area (Å²) in [5.74, 6) is 0. The van der Waals surface area contributed by atoms with E-state index in [2.05, 4.69) is 0 Å². The molecule has 0 unspecified atom stereocenters. The van der Waals surface area contributed by atoms with Crippen molar-refractivity contribution in [3.63, 3.8) is 0 Å². The van der Waals surface area contributed by atoms with E-state index in [0.29, 0.717) is 0 Å². The minimum Gasteiger partial charge on any atom is -0.822 e.